The van der Waals surface area contributed by atoms with Crippen LogP contribution in [0.3, 0.4) is 0 Å². The Hall–Kier alpha value is -3.55. The summed E-state index contributed by atoms with van der Waals surface area (Å²) in [7, 11) is 0. The molecule has 1 aliphatic carbocycles. The molecule has 8 heteroatoms. The van der Waals surface area contributed by atoms with Gasteiger partial charge in [0.1, 0.15) is 6.54 Å². The van der Waals surface area contributed by atoms with Gasteiger partial charge in [-0.25, -0.2) is 4.98 Å². The number of rotatable bonds is 4. The summed E-state index contributed by atoms with van der Waals surface area (Å²) < 4.78 is 7.00. The molecule has 8 nitrogen and oxygen atoms in total. The lowest BCUT2D eigenvalue weighted by atomic mass is 10.2. The van der Waals surface area contributed by atoms with Crippen molar-refractivity contribution in [3.05, 3.63) is 76.2 Å². The average molecular weight is 414 g/mol. The highest BCUT2D eigenvalue weighted by atomic mass is 16.5. The summed E-state index contributed by atoms with van der Waals surface area (Å²) in [6.45, 7) is 6.22. The van der Waals surface area contributed by atoms with Crippen molar-refractivity contribution in [3.8, 4) is 0 Å². The maximum atomic E-state index is 12.9. The average Bonchev–Trinajstić information content (AvgIpc) is 3.09. The predicted octanol–water partition coefficient (Wildman–Crippen LogP) is 2.69. The van der Waals surface area contributed by atoms with E-state index in [1.807, 2.05) is 6.92 Å². The number of aryl methyl sites for hydroxylation is 2. The first-order valence-corrected chi connectivity index (χ1v) is 10.5. The van der Waals surface area contributed by atoms with Crippen LogP contribution in [-0.2, 0) is 6.54 Å². The van der Waals surface area contributed by atoms with E-state index in [2.05, 4.69) is 56.2 Å². The Bertz CT molecular complexity index is 1330. The Kier molecular flexibility index (Phi) is 3.96. The van der Waals surface area contributed by atoms with Crippen molar-refractivity contribution in [2.75, 3.05) is 18.0 Å². The summed E-state index contributed by atoms with van der Waals surface area (Å²) in [4.78, 5) is 28.3. The minimum Gasteiger partial charge on any atom is -0.371 e. The number of anilines is 1. The van der Waals surface area contributed by atoms with Gasteiger partial charge in [0.2, 0.25) is 5.89 Å². The van der Waals surface area contributed by atoms with Crippen LogP contribution in [0.2, 0.25) is 0 Å². The third kappa shape index (κ3) is 3.01. The second-order valence-corrected chi connectivity index (χ2v) is 8.67. The normalized spacial score (nSPS) is 22.1. The number of pyridine rings is 1. The Morgan fingerprint density at radius 2 is 1.87 bits per heavy atom. The van der Waals surface area contributed by atoms with Crippen LogP contribution in [-0.4, -0.2) is 37.8 Å². The molecule has 1 unspecified atom stereocenters. The van der Waals surface area contributed by atoms with E-state index in [-0.39, 0.29) is 12.1 Å². The molecule has 156 valence electrons. The Morgan fingerprint density at radius 1 is 1.10 bits per heavy atom. The van der Waals surface area contributed by atoms with Crippen LogP contribution in [0.1, 0.15) is 28.8 Å². The topological polar surface area (TPSA) is 89.9 Å². The molecule has 4 aromatic rings. The molecule has 0 N–H and O–H groups in total. The number of hydrogen-bond donors (Lipinski definition) is 0. The van der Waals surface area contributed by atoms with Gasteiger partial charge < -0.3 is 9.42 Å². The van der Waals surface area contributed by atoms with Gasteiger partial charge in [0.15, 0.2) is 5.82 Å². The van der Waals surface area contributed by atoms with E-state index in [0.29, 0.717) is 34.5 Å². The van der Waals surface area contributed by atoms with Crippen molar-refractivity contribution in [2.24, 2.45) is 11.8 Å². The van der Waals surface area contributed by atoms with Crippen molar-refractivity contribution in [2.45, 2.75) is 26.3 Å². The zero-order chi connectivity index (χ0) is 21.1. The summed E-state index contributed by atoms with van der Waals surface area (Å²) in [5, 5.41) is 4.80. The van der Waals surface area contributed by atoms with Crippen LogP contribution in [0.25, 0.3) is 10.9 Å². The molecular formula is C23H22N6O2. The number of aromatic nitrogens is 5. The van der Waals surface area contributed by atoms with E-state index in [1.54, 1.807) is 12.4 Å². The molecule has 2 aliphatic rings. The molecule has 3 aromatic heterocycles. The molecule has 1 aromatic carbocycles. The molecule has 0 radical (unpaired) electrons. The molecule has 1 saturated heterocycles. The van der Waals surface area contributed by atoms with Crippen molar-refractivity contribution in [3.63, 3.8) is 0 Å². The summed E-state index contributed by atoms with van der Waals surface area (Å²) in [5.74, 6) is 2.67. The summed E-state index contributed by atoms with van der Waals surface area (Å²) in [5.41, 5.74) is 3.83. The minimum atomic E-state index is -0.123. The molecule has 2 fully saturated rings. The predicted molar refractivity (Wildman–Crippen MR) is 115 cm³/mol. The highest BCUT2D eigenvalue weighted by Gasteiger charge is 2.58. The van der Waals surface area contributed by atoms with Crippen LogP contribution in [0.4, 0.5) is 5.69 Å². The van der Waals surface area contributed by atoms with Gasteiger partial charge in [-0.1, -0.05) is 22.9 Å². The van der Waals surface area contributed by atoms with Crippen molar-refractivity contribution >= 4 is 16.6 Å². The molecule has 1 aliphatic heterocycles. The van der Waals surface area contributed by atoms with Crippen molar-refractivity contribution < 1.29 is 4.52 Å². The number of nitrogens with zero attached hydrogens (tertiary/aromatic N) is 6. The molecule has 0 amide bonds. The monoisotopic (exact) mass is 414 g/mol. The van der Waals surface area contributed by atoms with Gasteiger partial charge in [-0.3, -0.25) is 14.3 Å². The molecule has 31 heavy (non-hydrogen) atoms. The van der Waals surface area contributed by atoms with Crippen LogP contribution >= 0.6 is 0 Å². The van der Waals surface area contributed by atoms with Gasteiger partial charge in [-0.05, 0) is 43.4 Å². The van der Waals surface area contributed by atoms with E-state index in [0.717, 1.165) is 24.5 Å². The van der Waals surface area contributed by atoms with Gasteiger partial charge in [0.25, 0.3) is 5.56 Å². The standard InChI is InChI=1S/C23H22N6O2/c1-13-3-5-15(6-4-13)28-9-16-17(10-28)21(16)22-26-19(31-27-22)11-29-12-25-18-8-24-7-14(2)20(18)23(29)30/h3-8,12,16-17,21H,9-11H2,1-2H3/t16-,17+,21?. The molecule has 0 spiro atoms. The van der Waals surface area contributed by atoms with E-state index >= 15 is 0 Å². The molecule has 4 heterocycles. The van der Waals surface area contributed by atoms with E-state index < -0.39 is 0 Å². The second kappa shape index (κ2) is 6.73. The second-order valence-electron chi connectivity index (χ2n) is 8.67. The van der Waals surface area contributed by atoms with E-state index in [1.165, 1.54) is 22.1 Å². The number of piperidine rings is 1. The summed E-state index contributed by atoms with van der Waals surface area (Å²) in [6.07, 6.45) is 4.79. The lowest BCUT2D eigenvalue weighted by Crippen LogP contribution is -2.23. The van der Waals surface area contributed by atoms with Crippen LogP contribution < -0.4 is 10.5 Å². The number of hydrogen-bond acceptors (Lipinski definition) is 7. The number of fused-ring (bicyclic) bond motifs is 2. The quantitative estimate of drug-likeness (QED) is 0.507. The first-order valence-electron chi connectivity index (χ1n) is 10.5. The maximum Gasteiger partial charge on any atom is 0.262 e. The fraction of sp³-hybridized carbons (Fsp3) is 0.348. The fourth-order valence-corrected chi connectivity index (χ4v) is 4.86. The molecule has 0 bridgehead atoms. The van der Waals surface area contributed by atoms with Gasteiger partial charge >= 0.3 is 0 Å². The summed E-state index contributed by atoms with van der Waals surface area (Å²) in [6, 6.07) is 8.69. The largest absolute Gasteiger partial charge is 0.371 e. The number of benzene rings is 1. The van der Waals surface area contributed by atoms with Crippen molar-refractivity contribution in [1.29, 1.82) is 0 Å². The van der Waals surface area contributed by atoms with Gasteiger partial charge in [-0.2, -0.15) is 4.98 Å². The smallest absolute Gasteiger partial charge is 0.262 e. The molecule has 3 atom stereocenters. The molecule has 6 rings (SSSR count). The third-order valence-electron chi connectivity index (χ3n) is 6.61. The first-order chi connectivity index (χ1) is 15.1. The van der Waals surface area contributed by atoms with E-state index in [4.69, 9.17) is 4.52 Å². The van der Waals surface area contributed by atoms with E-state index in [9.17, 15) is 4.79 Å². The Balaban J connectivity index is 1.17. The van der Waals surface area contributed by atoms with Gasteiger partial charge in [0, 0.05) is 30.9 Å². The molecular weight excluding hydrogens is 392 g/mol. The fourth-order valence-electron chi connectivity index (χ4n) is 4.86. The zero-order valence-electron chi connectivity index (χ0n) is 17.4. The van der Waals surface area contributed by atoms with Crippen LogP contribution in [0, 0.1) is 25.7 Å². The Morgan fingerprint density at radius 3 is 2.65 bits per heavy atom. The van der Waals surface area contributed by atoms with Crippen LogP contribution in [0.5, 0.6) is 0 Å². The minimum absolute atomic E-state index is 0.123. The SMILES string of the molecule is Cc1ccc(N2C[C@@H]3C(c4noc(Cn5cnc6cncc(C)c6c5=O)n4)[C@@H]3C2)cc1. The summed E-state index contributed by atoms with van der Waals surface area (Å²) >= 11 is 0. The third-order valence-corrected chi connectivity index (χ3v) is 6.61. The van der Waals surface area contributed by atoms with Crippen LogP contribution in [0.15, 0.2) is 52.3 Å². The Labute approximate surface area is 178 Å². The van der Waals surface area contributed by atoms with Gasteiger partial charge in [0.05, 0.1) is 23.4 Å². The molecule has 1 saturated carbocycles. The highest BCUT2D eigenvalue weighted by molar-refractivity contribution is 5.79. The highest BCUT2D eigenvalue weighted by Crippen LogP contribution is 2.57. The lowest BCUT2D eigenvalue weighted by molar-refractivity contribution is 0.363. The van der Waals surface area contributed by atoms with Gasteiger partial charge in [-0.15, -0.1) is 0 Å². The van der Waals surface area contributed by atoms with Crippen molar-refractivity contribution in [1.82, 2.24) is 24.7 Å². The maximum absolute atomic E-state index is 12.9. The zero-order valence-corrected chi connectivity index (χ0v) is 17.4. The lowest BCUT2D eigenvalue weighted by Gasteiger charge is -2.21. The first kappa shape index (κ1) is 18.2.